The zero-order chi connectivity index (χ0) is 13.2. The van der Waals surface area contributed by atoms with Gasteiger partial charge in [0.15, 0.2) is 5.76 Å². The molecule has 0 saturated carbocycles. The molecular formula is C10H16ClN3O3S. The average Bonchev–Trinajstić information content (AvgIpc) is 2.75. The number of sulfonamides is 1. The number of nitrogens with zero attached hydrogens (tertiary/aromatic N) is 3. The predicted molar refractivity (Wildman–Crippen MR) is 67.7 cm³/mol. The topological polar surface area (TPSA) is 66.7 Å². The Labute approximate surface area is 112 Å². The highest BCUT2D eigenvalue weighted by atomic mass is 35.5. The lowest BCUT2D eigenvalue weighted by atomic mass is 10.3. The highest BCUT2D eigenvalue weighted by molar-refractivity contribution is 7.90. The Hall–Kier alpha value is -0.630. The monoisotopic (exact) mass is 293 g/mol. The summed E-state index contributed by atoms with van der Waals surface area (Å²) in [5, 5.41) is 3.47. The highest BCUT2D eigenvalue weighted by Crippen LogP contribution is 2.12. The molecule has 2 heterocycles. The van der Waals surface area contributed by atoms with Crippen LogP contribution in [0.5, 0.6) is 0 Å². The van der Waals surface area contributed by atoms with Gasteiger partial charge in [0.05, 0.1) is 12.2 Å². The first-order valence-corrected chi connectivity index (χ1v) is 7.84. The molecule has 0 atom stereocenters. The Morgan fingerprint density at radius 2 is 2.06 bits per heavy atom. The van der Waals surface area contributed by atoms with Crippen molar-refractivity contribution in [1.29, 1.82) is 0 Å². The minimum Gasteiger partial charge on any atom is -0.360 e. The van der Waals surface area contributed by atoms with Crippen molar-refractivity contribution >= 4 is 21.6 Å². The van der Waals surface area contributed by atoms with E-state index in [1.807, 2.05) is 13.0 Å². The molecule has 0 amide bonds. The lowest BCUT2D eigenvalue weighted by molar-refractivity contribution is 0.166. The molecule has 0 spiro atoms. The molecule has 0 bridgehead atoms. The highest BCUT2D eigenvalue weighted by Gasteiger charge is 2.26. The summed E-state index contributed by atoms with van der Waals surface area (Å²) in [6.45, 7) is 4.84. The number of aromatic nitrogens is 1. The third-order valence-corrected chi connectivity index (χ3v) is 5.17. The molecule has 102 valence electrons. The molecule has 0 N–H and O–H groups in total. The molecule has 18 heavy (non-hydrogen) atoms. The van der Waals surface area contributed by atoms with Crippen LogP contribution in [0.4, 0.5) is 0 Å². The lowest BCUT2D eigenvalue weighted by Crippen LogP contribution is -2.48. The molecule has 1 aliphatic heterocycles. The molecule has 0 unspecified atom stereocenters. The van der Waals surface area contributed by atoms with Gasteiger partial charge in [-0.05, 0) is 6.92 Å². The summed E-state index contributed by atoms with van der Waals surface area (Å²) in [6, 6.07) is 1.89. The summed E-state index contributed by atoms with van der Waals surface area (Å²) in [4.78, 5) is 2.14. The first-order valence-electron chi connectivity index (χ1n) is 5.69. The fourth-order valence-corrected chi connectivity index (χ4v) is 3.22. The van der Waals surface area contributed by atoms with Gasteiger partial charge in [-0.3, -0.25) is 4.90 Å². The van der Waals surface area contributed by atoms with E-state index in [4.69, 9.17) is 16.1 Å². The van der Waals surface area contributed by atoms with Crippen LogP contribution in [0.1, 0.15) is 11.5 Å². The van der Waals surface area contributed by atoms with Crippen LogP contribution in [0.25, 0.3) is 0 Å². The standard InChI is InChI=1S/C10H16ClN3O3S/c1-9-6-10(17-12-9)7-13-2-4-14(5-3-13)18(15,16)8-11/h6H,2-5,7-8H2,1H3. The fourth-order valence-electron chi connectivity index (χ4n) is 1.95. The molecule has 8 heteroatoms. The van der Waals surface area contributed by atoms with Crippen molar-refractivity contribution in [3.63, 3.8) is 0 Å². The van der Waals surface area contributed by atoms with Gasteiger partial charge in [0.2, 0.25) is 10.0 Å². The second kappa shape index (κ2) is 5.56. The normalized spacial score (nSPS) is 19.2. The van der Waals surface area contributed by atoms with E-state index >= 15 is 0 Å². The van der Waals surface area contributed by atoms with Crippen molar-refractivity contribution in [2.24, 2.45) is 0 Å². The molecular weight excluding hydrogens is 278 g/mol. The Morgan fingerprint density at radius 1 is 1.39 bits per heavy atom. The van der Waals surface area contributed by atoms with Crippen LogP contribution in [0.15, 0.2) is 10.6 Å². The first kappa shape index (κ1) is 13.8. The molecule has 1 aromatic rings. The van der Waals surface area contributed by atoms with Gasteiger partial charge in [-0.25, -0.2) is 8.42 Å². The third-order valence-electron chi connectivity index (χ3n) is 2.92. The van der Waals surface area contributed by atoms with E-state index in [0.717, 1.165) is 11.5 Å². The number of halogens is 1. The summed E-state index contributed by atoms with van der Waals surface area (Å²) >= 11 is 5.43. The van der Waals surface area contributed by atoms with E-state index < -0.39 is 10.0 Å². The van der Waals surface area contributed by atoms with E-state index in [0.29, 0.717) is 32.7 Å². The quantitative estimate of drug-likeness (QED) is 0.762. The molecule has 2 rings (SSSR count). The van der Waals surface area contributed by atoms with Crippen molar-refractivity contribution in [2.45, 2.75) is 13.5 Å². The van der Waals surface area contributed by atoms with Crippen molar-refractivity contribution in [3.8, 4) is 0 Å². The number of hydrogen-bond donors (Lipinski definition) is 0. The SMILES string of the molecule is Cc1cc(CN2CCN(S(=O)(=O)CCl)CC2)on1. The minimum atomic E-state index is -3.28. The van der Waals surface area contributed by atoms with Gasteiger partial charge in [-0.1, -0.05) is 5.16 Å². The van der Waals surface area contributed by atoms with Crippen LogP contribution in [-0.4, -0.2) is 54.2 Å². The Kier molecular flexibility index (Phi) is 4.26. The van der Waals surface area contributed by atoms with Gasteiger partial charge in [0, 0.05) is 32.2 Å². The summed E-state index contributed by atoms with van der Waals surface area (Å²) in [5.41, 5.74) is 0.855. The molecule has 1 saturated heterocycles. The molecule has 0 radical (unpaired) electrons. The molecule has 0 aliphatic carbocycles. The van der Waals surface area contributed by atoms with Crippen molar-refractivity contribution in [3.05, 3.63) is 17.5 Å². The number of hydrogen-bond acceptors (Lipinski definition) is 5. The van der Waals surface area contributed by atoms with Crippen LogP contribution in [-0.2, 0) is 16.6 Å². The van der Waals surface area contributed by atoms with Crippen LogP contribution in [0.3, 0.4) is 0 Å². The number of aryl methyl sites for hydroxylation is 1. The fraction of sp³-hybridized carbons (Fsp3) is 0.700. The summed E-state index contributed by atoms with van der Waals surface area (Å²) < 4.78 is 29.7. The maximum Gasteiger partial charge on any atom is 0.228 e. The van der Waals surface area contributed by atoms with Crippen LogP contribution in [0, 0.1) is 6.92 Å². The number of alkyl halides is 1. The van der Waals surface area contributed by atoms with E-state index in [1.165, 1.54) is 4.31 Å². The number of rotatable bonds is 4. The van der Waals surface area contributed by atoms with Gasteiger partial charge in [0.25, 0.3) is 0 Å². The van der Waals surface area contributed by atoms with Crippen LogP contribution < -0.4 is 0 Å². The maximum absolute atomic E-state index is 11.6. The van der Waals surface area contributed by atoms with Crippen molar-refractivity contribution < 1.29 is 12.9 Å². The van der Waals surface area contributed by atoms with Gasteiger partial charge < -0.3 is 4.52 Å². The Morgan fingerprint density at radius 3 is 2.56 bits per heavy atom. The number of piperazine rings is 1. The zero-order valence-electron chi connectivity index (χ0n) is 10.2. The maximum atomic E-state index is 11.6. The summed E-state index contributed by atoms with van der Waals surface area (Å²) in [6.07, 6.45) is 0. The van der Waals surface area contributed by atoms with E-state index in [-0.39, 0.29) is 5.21 Å². The second-order valence-corrected chi connectivity index (χ2v) is 6.88. The van der Waals surface area contributed by atoms with Gasteiger partial charge in [-0.2, -0.15) is 4.31 Å². The molecule has 0 aromatic carbocycles. The van der Waals surface area contributed by atoms with Gasteiger partial charge in [0.1, 0.15) is 5.21 Å². The van der Waals surface area contributed by atoms with Crippen LogP contribution >= 0.6 is 11.6 Å². The predicted octanol–water partition coefficient (Wildman–Crippen LogP) is 0.627. The summed E-state index contributed by atoms with van der Waals surface area (Å²) in [5.74, 6) is 0.807. The Bertz CT molecular complexity index is 494. The molecule has 1 aromatic heterocycles. The molecule has 6 nitrogen and oxygen atoms in total. The molecule has 1 aliphatic rings. The smallest absolute Gasteiger partial charge is 0.228 e. The van der Waals surface area contributed by atoms with E-state index in [9.17, 15) is 8.42 Å². The van der Waals surface area contributed by atoms with E-state index in [1.54, 1.807) is 0 Å². The Balaban J connectivity index is 1.87. The second-order valence-electron chi connectivity index (χ2n) is 4.33. The zero-order valence-corrected chi connectivity index (χ0v) is 11.7. The third kappa shape index (κ3) is 3.23. The first-order chi connectivity index (χ1) is 8.51. The van der Waals surface area contributed by atoms with Gasteiger partial charge >= 0.3 is 0 Å². The average molecular weight is 294 g/mol. The van der Waals surface area contributed by atoms with Crippen molar-refractivity contribution in [2.75, 3.05) is 31.4 Å². The van der Waals surface area contributed by atoms with Gasteiger partial charge in [-0.15, -0.1) is 11.6 Å². The van der Waals surface area contributed by atoms with Crippen LogP contribution in [0.2, 0.25) is 0 Å². The largest absolute Gasteiger partial charge is 0.360 e. The minimum absolute atomic E-state index is 0.353. The summed E-state index contributed by atoms with van der Waals surface area (Å²) in [7, 11) is -3.28. The van der Waals surface area contributed by atoms with Crippen molar-refractivity contribution in [1.82, 2.24) is 14.4 Å². The molecule has 1 fully saturated rings. The lowest BCUT2D eigenvalue weighted by Gasteiger charge is -2.32. The van der Waals surface area contributed by atoms with E-state index in [2.05, 4.69) is 10.1 Å².